The van der Waals surface area contributed by atoms with E-state index in [2.05, 4.69) is 39.0 Å². The Morgan fingerprint density at radius 2 is 2.06 bits per heavy atom. The third-order valence-corrected chi connectivity index (χ3v) is 3.43. The quantitative estimate of drug-likeness (QED) is 0.920. The molecule has 0 radical (unpaired) electrons. The van der Waals surface area contributed by atoms with Crippen LogP contribution in [-0.2, 0) is 11.2 Å². The molecule has 2 rings (SSSR count). The first kappa shape index (κ1) is 11.9. The van der Waals surface area contributed by atoms with Gasteiger partial charge in [0.25, 0.3) is 0 Å². The Labute approximate surface area is 105 Å². The highest BCUT2D eigenvalue weighted by Gasteiger charge is 2.13. The highest BCUT2D eigenvalue weighted by molar-refractivity contribution is 9.10. The fourth-order valence-corrected chi connectivity index (χ4v) is 2.61. The van der Waals surface area contributed by atoms with Crippen LogP contribution >= 0.6 is 15.9 Å². The molecule has 1 aromatic carbocycles. The maximum absolute atomic E-state index is 5.55. The minimum atomic E-state index is 0.698. The second-order valence-corrected chi connectivity index (χ2v) is 4.78. The van der Waals surface area contributed by atoms with Gasteiger partial charge in [-0.25, -0.2) is 0 Å². The Hall–Kier alpha value is -0.580. The average molecular weight is 285 g/mol. The maximum atomic E-state index is 5.55. The first-order valence-corrected chi connectivity index (χ1v) is 6.42. The number of ether oxygens (including phenoxy) is 1. The largest absolute Gasteiger partial charge is 0.378 e. The molecule has 0 aliphatic carbocycles. The minimum absolute atomic E-state index is 0.698. The number of rotatable bonds is 3. The van der Waals surface area contributed by atoms with Gasteiger partial charge >= 0.3 is 0 Å². The zero-order chi connectivity index (χ0) is 11.4. The summed E-state index contributed by atoms with van der Waals surface area (Å²) in [6.45, 7) is 4.26. The molecular formula is C12H17BrN2O. The molecule has 1 fully saturated rings. The zero-order valence-corrected chi connectivity index (χ0v) is 10.9. The third-order valence-electron chi connectivity index (χ3n) is 2.80. The summed E-state index contributed by atoms with van der Waals surface area (Å²) in [5, 5.41) is 0. The summed E-state index contributed by atoms with van der Waals surface area (Å²) in [6.07, 6.45) is 0.933. The van der Waals surface area contributed by atoms with Gasteiger partial charge in [0.05, 0.1) is 18.9 Å². The van der Waals surface area contributed by atoms with E-state index in [0.29, 0.717) is 6.54 Å². The van der Waals surface area contributed by atoms with Gasteiger partial charge in [0.15, 0.2) is 0 Å². The molecule has 0 saturated carbocycles. The molecule has 0 spiro atoms. The van der Waals surface area contributed by atoms with Gasteiger partial charge in [-0.15, -0.1) is 0 Å². The van der Waals surface area contributed by atoms with Crippen molar-refractivity contribution < 1.29 is 4.74 Å². The lowest BCUT2D eigenvalue weighted by Crippen LogP contribution is -2.36. The van der Waals surface area contributed by atoms with Crippen molar-refractivity contribution in [2.45, 2.75) is 6.42 Å². The summed E-state index contributed by atoms with van der Waals surface area (Å²) >= 11 is 3.63. The Bertz CT molecular complexity index is 351. The number of nitrogens with two attached hydrogens (primary N) is 1. The predicted octanol–water partition coefficient (Wildman–Crippen LogP) is 1.79. The molecule has 0 unspecified atom stereocenters. The van der Waals surface area contributed by atoms with Gasteiger partial charge < -0.3 is 15.4 Å². The maximum Gasteiger partial charge on any atom is 0.0642 e. The molecular weight excluding hydrogens is 268 g/mol. The Morgan fingerprint density at radius 1 is 1.31 bits per heavy atom. The summed E-state index contributed by atoms with van der Waals surface area (Å²) in [4.78, 5) is 2.35. The van der Waals surface area contributed by atoms with Crippen LogP contribution in [0.2, 0.25) is 0 Å². The average Bonchev–Trinajstić information content (AvgIpc) is 2.31. The van der Waals surface area contributed by atoms with Crippen LogP contribution in [0.4, 0.5) is 5.69 Å². The molecule has 1 aliphatic heterocycles. The molecule has 2 N–H and O–H groups in total. The SMILES string of the molecule is NCCc1ccc(N2CCOCC2)c(Br)c1. The van der Waals surface area contributed by atoms with E-state index in [9.17, 15) is 0 Å². The van der Waals surface area contributed by atoms with Crippen LogP contribution in [-0.4, -0.2) is 32.8 Å². The topological polar surface area (TPSA) is 38.5 Å². The van der Waals surface area contributed by atoms with Crippen molar-refractivity contribution in [3.05, 3.63) is 28.2 Å². The van der Waals surface area contributed by atoms with Gasteiger partial charge in [-0.3, -0.25) is 0 Å². The molecule has 1 aliphatic rings. The van der Waals surface area contributed by atoms with Crippen molar-refractivity contribution in [3.63, 3.8) is 0 Å². The molecule has 0 aromatic heterocycles. The Kier molecular flexibility index (Phi) is 4.21. The standard InChI is InChI=1S/C12H17BrN2O/c13-11-9-10(3-4-14)1-2-12(11)15-5-7-16-8-6-15/h1-2,9H,3-8,14H2. The fraction of sp³-hybridized carbons (Fsp3) is 0.500. The van der Waals surface area contributed by atoms with Crippen molar-refractivity contribution in [1.29, 1.82) is 0 Å². The van der Waals surface area contributed by atoms with Crippen molar-refractivity contribution in [3.8, 4) is 0 Å². The van der Waals surface area contributed by atoms with Gasteiger partial charge in [0.2, 0.25) is 0 Å². The number of halogens is 1. The number of hydrogen-bond donors (Lipinski definition) is 1. The summed E-state index contributed by atoms with van der Waals surface area (Å²) < 4.78 is 6.50. The molecule has 1 saturated heterocycles. The lowest BCUT2D eigenvalue weighted by molar-refractivity contribution is 0.122. The molecule has 0 amide bonds. The minimum Gasteiger partial charge on any atom is -0.378 e. The number of anilines is 1. The Morgan fingerprint density at radius 3 is 2.69 bits per heavy atom. The van der Waals surface area contributed by atoms with Crippen LogP contribution in [0.3, 0.4) is 0 Å². The molecule has 1 aromatic rings. The van der Waals surface area contributed by atoms with Crippen molar-refractivity contribution in [2.24, 2.45) is 5.73 Å². The number of nitrogens with zero attached hydrogens (tertiary/aromatic N) is 1. The summed E-state index contributed by atoms with van der Waals surface area (Å²) in [5.74, 6) is 0. The van der Waals surface area contributed by atoms with E-state index in [0.717, 1.165) is 37.2 Å². The Balaban J connectivity index is 2.14. The third kappa shape index (κ3) is 2.75. The van der Waals surface area contributed by atoms with Gasteiger partial charge in [0, 0.05) is 17.6 Å². The van der Waals surface area contributed by atoms with E-state index in [-0.39, 0.29) is 0 Å². The van der Waals surface area contributed by atoms with Gasteiger partial charge in [-0.05, 0) is 46.6 Å². The second kappa shape index (κ2) is 5.66. The van der Waals surface area contributed by atoms with Crippen molar-refractivity contribution >= 4 is 21.6 Å². The lowest BCUT2D eigenvalue weighted by Gasteiger charge is -2.29. The van der Waals surface area contributed by atoms with Gasteiger partial charge in [-0.1, -0.05) is 6.07 Å². The van der Waals surface area contributed by atoms with Crippen LogP contribution < -0.4 is 10.6 Å². The second-order valence-electron chi connectivity index (χ2n) is 3.92. The summed E-state index contributed by atoms with van der Waals surface area (Å²) in [7, 11) is 0. The number of hydrogen-bond acceptors (Lipinski definition) is 3. The zero-order valence-electron chi connectivity index (χ0n) is 9.29. The van der Waals surface area contributed by atoms with E-state index in [1.165, 1.54) is 11.3 Å². The molecule has 0 atom stereocenters. The van der Waals surface area contributed by atoms with Crippen LogP contribution in [0, 0.1) is 0 Å². The van der Waals surface area contributed by atoms with Crippen molar-refractivity contribution in [2.75, 3.05) is 37.7 Å². The number of morpholine rings is 1. The van der Waals surface area contributed by atoms with E-state index in [1.54, 1.807) is 0 Å². The molecule has 4 heteroatoms. The first-order chi connectivity index (χ1) is 7.81. The fourth-order valence-electron chi connectivity index (χ4n) is 1.93. The highest BCUT2D eigenvalue weighted by atomic mass is 79.9. The molecule has 0 bridgehead atoms. The normalized spacial score (nSPS) is 16.5. The van der Waals surface area contributed by atoms with Crippen LogP contribution in [0.25, 0.3) is 0 Å². The smallest absolute Gasteiger partial charge is 0.0642 e. The highest BCUT2D eigenvalue weighted by Crippen LogP contribution is 2.28. The predicted molar refractivity (Wildman–Crippen MR) is 69.9 cm³/mol. The van der Waals surface area contributed by atoms with Crippen LogP contribution in [0.5, 0.6) is 0 Å². The van der Waals surface area contributed by atoms with E-state index in [4.69, 9.17) is 10.5 Å². The lowest BCUT2D eigenvalue weighted by atomic mass is 10.1. The summed E-state index contributed by atoms with van der Waals surface area (Å²) in [5.41, 5.74) is 8.09. The summed E-state index contributed by atoms with van der Waals surface area (Å²) in [6, 6.07) is 6.49. The molecule has 1 heterocycles. The number of benzene rings is 1. The molecule has 16 heavy (non-hydrogen) atoms. The first-order valence-electron chi connectivity index (χ1n) is 5.62. The monoisotopic (exact) mass is 284 g/mol. The van der Waals surface area contributed by atoms with Crippen LogP contribution in [0.15, 0.2) is 22.7 Å². The van der Waals surface area contributed by atoms with Gasteiger partial charge in [-0.2, -0.15) is 0 Å². The molecule has 3 nitrogen and oxygen atoms in total. The van der Waals surface area contributed by atoms with E-state index >= 15 is 0 Å². The van der Waals surface area contributed by atoms with Gasteiger partial charge in [0.1, 0.15) is 0 Å². The van der Waals surface area contributed by atoms with Crippen LogP contribution in [0.1, 0.15) is 5.56 Å². The molecule has 88 valence electrons. The van der Waals surface area contributed by atoms with E-state index < -0.39 is 0 Å². The van der Waals surface area contributed by atoms with Crippen molar-refractivity contribution in [1.82, 2.24) is 0 Å². The van der Waals surface area contributed by atoms with E-state index in [1.807, 2.05) is 0 Å².